The predicted molar refractivity (Wildman–Crippen MR) is 124 cm³/mol. The highest BCUT2D eigenvalue weighted by atomic mass is 79.9. The molecule has 2 rings (SSSR count). The van der Waals surface area contributed by atoms with Gasteiger partial charge in [-0.15, -0.1) is 0 Å². The molecular formula is C25H37BrO2. The van der Waals surface area contributed by atoms with Gasteiger partial charge in [0.2, 0.25) is 0 Å². The fraction of sp³-hybridized carbons (Fsp3) is 0.600. The Balaban J connectivity index is 2.41. The van der Waals surface area contributed by atoms with Crippen LogP contribution in [0.25, 0.3) is 0 Å². The van der Waals surface area contributed by atoms with Crippen LogP contribution in [0.15, 0.2) is 35.9 Å². The number of allylic oxidation sites excluding steroid dienone is 3. The average molecular weight is 449 g/mol. The Morgan fingerprint density at radius 2 is 1.86 bits per heavy atom. The van der Waals surface area contributed by atoms with E-state index in [1.54, 1.807) is 0 Å². The van der Waals surface area contributed by atoms with Crippen molar-refractivity contribution < 1.29 is 10.2 Å². The molecule has 0 saturated carbocycles. The standard InChI is InChI=1S/C25H37BrO2/c1-6-9-18-10-11-20(17(2)3)21(14-18)24-22(27)15-19(16-23(24)28)25(4,5)12-7-8-13-26/h14-16,20-21,27-28H,2,6-13H2,1,3-5H3. The van der Waals surface area contributed by atoms with Crippen LogP contribution in [-0.4, -0.2) is 15.5 Å². The van der Waals surface area contributed by atoms with Gasteiger partial charge in [-0.3, -0.25) is 0 Å². The summed E-state index contributed by atoms with van der Waals surface area (Å²) in [7, 11) is 0. The van der Waals surface area contributed by atoms with Crippen LogP contribution >= 0.6 is 15.9 Å². The topological polar surface area (TPSA) is 40.5 Å². The van der Waals surface area contributed by atoms with E-state index in [-0.39, 0.29) is 28.7 Å². The van der Waals surface area contributed by atoms with E-state index in [1.165, 1.54) is 5.57 Å². The maximum Gasteiger partial charge on any atom is 0.123 e. The zero-order chi connectivity index (χ0) is 20.9. The van der Waals surface area contributed by atoms with Crippen LogP contribution in [-0.2, 0) is 5.41 Å². The van der Waals surface area contributed by atoms with Crippen molar-refractivity contribution in [2.24, 2.45) is 5.92 Å². The van der Waals surface area contributed by atoms with Crippen LogP contribution in [0.4, 0.5) is 0 Å². The fourth-order valence-electron chi connectivity index (χ4n) is 4.50. The third kappa shape index (κ3) is 5.43. The molecule has 0 saturated heterocycles. The summed E-state index contributed by atoms with van der Waals surface area (Å²) in [5, 5.41) is 22.9. The number of phenolic OH excluding ortho intramolecular Hbond substituents is 2. The molecule has 0 heterocycles. The molecule has 2 nitrogen and oxygen atoms in total. The molecule has 2 atom stereocenters. The van der Waals surface area contributed by atoms with Crippen LogP contribution in [0.5, 0.6) is 11.5 Å². The van der Waals surface area contributed by atoms with Crippen molar-refractivity contribution in [1.29, 1.82) is 0 Å². The lowest BCUT2D eigenvalue weighted by Gasteiger charge is -2.33. The molecule has 2 unspecified atom stereocenters. The largest absolute Gasteiger partial charge is 0.507 e. The van der Waals surface area contributed by atoms with E-state index >= 15 is 0 Å². The number of benzene rings is 1. The van der Waals surface area contributed by atoms with Crippen molar-refractivity contribution in [1.82, 2.24) is 0 Å². The van der Waals surface area contributed by atoms with Crippen molar-refractivity contribution in [3.05, 3.63) is 47.1 Å². The van der Waals surface area contributed by atoms with Gasteiger partial charge >= 0.3 is 0 Å². The second kappa shape index (κ2) is 10.0. The molecule has 0 aromatic heterocycles. The summed E-state index contributed by atoms with van der Waals surface area (Å²) >= 11 is 3.49. The molecule has 0 aliphatic heterocycles. The number of hydrogen-bond donors (Lipinski definition) is 2. The Kier molecular flexibility index (Phi) is 8.24. The summed E-state index contributed by atoms with van der Waals surface area (Å²) in [5.41, 5.74) is 4.14. The summed E-state index contributed by atoms with van der Waals surface area (Å²) in [6.07, 6.45) is 9.87. The number of aromatic hydroxyl groups is 2. The van der Waals surface area contributed by atoms with Crippen LogP contribution in [0.1, 0.15) is 89.7 Å². The molecular weight excluding hydrogens is 412 g/mol. The molecule has 3 heteroatoms. The SMILES string of the molecule is C=C(C)C1CCC(CCC)=CC1c1c(O)cc(C(C)(C)CCCCBr)cc1O. The molecule has 0 bridgehead atoms. The van der Waals surface area contributed by atoms with Gasteiger partial charge in [0.15, 0.2) is 0 Å². The number of alkyl halides is 1. The number of phenols is 2. The van der Waals surface area contributed by atoms with E-state index in [2.05, 4.69) is 56.3 Å². The van der Waals surface area contributed by atoms with E-state index in [0.717, 1.165) is 61.4 Å². The Bertz CT molecular complexity index is 694. The highest BCUT2D eigenvalue weighted by Crippen LogP contribution is 2.48. The second-order valence-electron chi connectivity index (χ2n) is 9.05. The highest BCUT2D eigenvalue weighted by molar-refractivity contribution is 9.09. The van der Waals surface area contributed by atoms with E-state index in [4.69, 9.17) is 0 Å². The summed E-state index contributed by atoms with van der Waals surface area (Å²) in [6.45, 7) is 12.8. The number of rotatable bonds is 9. The smallest absolute Gasteiger partial charge is 0.123 e. The first kappa shape index (κ1) is 23.1. The Morgan fingerprint density at radius 1 is 1.21 bits per heavy atom. The third-order valence-electron chi connectivity index (χ3n) is 6.27. The maximum atomic E-state index is 10.9. The average Bonchev–Trinajstić information content (AvgIpc) is 2.61. The molecule has 1 aliphatic rings. The molecule has 1 aliphatic carbocycles. The lowest BCUT2D eigenvalue weighted by Crippen LogP contribution is -2.20. The van der Waals surface area contributed by atoms with Gasteiger partial charge < -0.3 is 10.2 Å². The van der Waals surface area contributed by atoms with Crippen LogP contribution in [0, 0.1) is 5.92 Å². The van der Waals surface area contributed by atoms with Gasteiger partial charge in [-0.25, -0.2) is 0 Å². The highest BCUT2D eigenvalue weighted by Gasteiger charge is 2.32. The predicted octanol–water partition coefficient (Wildman–Crippen LogP) is 7.74. The van der Waals surface area contributed by atoms with Crippen molar-refractivity contribution in [2.45, 2.75) is 84.0 Å². The summed E-state index contributed by atoms with van der Waals surface area (Å²) < 4.78 is 0. The number of unbranched alkanes of at least 4 members (excludes halogenated alkanes) is 1. The van der Waals surface area contributed by atoms with Gasteiger partial charge in [0.1, 0.15) is 11.5 Å². The van der Waals surface area contributed by atoms with Gasteiger partial charge in [0, 0.05) is 16.8 Å². The van der Waals surface area contributed by atoms with Gasteiger partial charge in [0.05, 0.1) is 0 Å². The van der Waals surface area contributed by atoms with Crippen molar-refractivity contribution in [2.75, 3.05) is 5.33 Å². The molecule has 1 aromatic rings. The monoisotopic (exact) mass is 448 g/mol. The molecule has 2 N–H and O–H groups in total. The van der Waals surface area contributed by atoms with E-state index in [9.17, 15) is 10.2 Å². The Morgan fingerprint density at radius 3 is 2.39 bits per heavy atom. The first-order chi connectivity index (χ1) is 13.2. The molecule has 0 fully saturated rings. The molecule has 156 valence electrons. The van der Waals surface area contributed by atoms with Crippen molar-refractivity contribution >= 4 is 15.9 Å². The minimum absolute atomic E-state index is 0.00152. The quantitative estimate of drug-likeness (QED) is 0.230. The maximum absolute atomic E-state index is 10.9. The lowest BCUT2D eigenvalue weighted by atomic mass is 9.72. The van der Waals surface area contributed by atoms with Crippen LogP contribution < -0.4 is 0 Å². The Hall–Kier alpha value is -1.22. The molecule has 1 aromatic carbocycles. The van der Waals surface area contributed by atoms with Gasteiger partial charge in [-0.2, -0.15) is 0 Å². The van der Waals surface area contributed by atoms with E-state index in [0.29, 0.717) is 5.56 Å². The minimum Gasteiger partial charge on any atom is -0.507 e. The zero-order valence-corrected chi connectivity index (χ0v) is 19.6. The van der Waals surface area contributed by atoms with Gasteiger partial charge in [0.25, 0.3) is 0 Å². The molecule has 28 heavy (non-hydrogen) atoms. The fourth-order valence-corrected chi connectivity index (χ4v) is 4.90. The van der Waals surface area contributed by atoms with E-state index < -0.39 is 0 Å². The van der Waals surface area contributed by atoms with Crippen molar-refractivity contribution in [3.8, 4) is 11.5 Å². The third-order valence-corrected chi connectivity index (χ3v) is 6.83. The van der Waals surface area contributed by atoms with Crippen LogP contribution in [0.3, 0.4) is 0 Å². The lowest BCUT2D eigenvalue weighted by molar-refractivity contribution is 0.397. The summed E-state index contributed by atoms with van der Waals surface area (Å²) in [6, 6.07) is 3.75. The number of hydrogen-bond acceptors (Lipinski definition) is 2. The van der Waals surface area contributed by atoms with Crippen LogP contribution in [0.2, 0.25) is 0 Å². The van der Waals surface area contributed by atoms with E-state index in [1.807, 2.05) is 12.1 Å². The van der Waals surface area contributed by atoms with Gasteiger partial charge in [-0.05, 0) is 68.1 Å². The first-order valence-corrected chi connectivity index (χ1v) is 11.8. The van der Waals surface area contributed by atoms with Gasteiger partial charge in [-0.1, -0.05) is 73.3 Å². The molecule has 0 amide bonds. The molecule has 0 spiro atoms. The Labute approximate surface area is 179 Å². The number of halogens is 1. The second-order valence-corrected chi connectivity index (χ2v) is 9.84. The van der Waals surface area contributed by atoms with Crippen molar-refractivity contribution in [3.63, 3.8) is 0 Å². The zero-order valence-electron chi connectivity index (χ0n) is 18.0. The summed E-state index contributed by atoms with van der Waals surface area (Å²) in [5.74, 6) is 0.691. The normalized spacial score (nSPS) is 20.1. The minimum atomic E-state index is -0.0841. The first-order valence-electron chi connectivity index (χ1n) is 10.7. The molecule has 0 radical (unpaired) electrons. The summed E-state index contributed by atoms with van der Waals surface area (Å²) in [4.78, 5) is 0.